The van der Waals surface area contributed by atoms with Gasteiger partial charge in [0.1, 0.15) is 11.3 Å². The van der Waals surface area contributed by atoms with Crippen LogP contribution < -0.4 is 0 Å². The van der Waals surface area contributed by atoms with Crippen molar-refractivity contribution in [1.82, 2.24) is 9.78 Å². The van der Waals surface area contributed by atoms with Crippen LogP contribution in [0, 0.1) is 0 Å². The summed E-state index contributed by atoms with van der Waals surface area (Å²) < 4.78 is 6.41. The van der Waals surface area contributed by atoms with E-state index in [1.807, 2.05) is 0 Å². The molecule has 19 heavy (non-hydrogen) atoms. The molecule has 1 aromatic heterocycles. The summed E-state index contributed by atoms with van der Waals surface area (Å²) in [5.41, 5.74) is 0.240. The number of hydrogen-bond acceptors (Lipinski definition) is 4. The van der Waals surface area contributed by atoms with Crippen LogP contribution in [0.15, 0.2) is 24.3 Å². The molecule has 0 saturated heterocycles. The Morgan fingerprint density at radius 2 is 1.84 bits per heavy atom. The fourth-order valence-electron chi connectivity index (χ4n) is 1.77. The van der Waals surface area contributed by atoms with E-state index < -0.39 is 11.7 Å². The summed E-state index contributed by atoms with van der Waals surface area (Å²) in [7, 11) is 0. The van der Waals surface area contributed by atoms with Gasteiger partial charge in [0.15, 0.2) is 5.78 Å². The molecule has 0 amide bonds. The van der Waals surface area contributed by atoms with E-state index in [1.165, 1.54) is 6.92 Å². The second kappa shape index (κ2) is 4.50. The molecule has 0 aliphatic carbocycles. The molecule has 0 radical (unpaired) electrons. The van der Waals surface area contributed by atoms with Crippen molar-refractivity contribution in [3.63, 3.8) is 0 Å². The fourth-order valence-corrected chi connectivity index (χ4v) is 1.77. The predicted molar refractivity (Wildman–Crippen MR) is 71.4 cm³/mol. The monoisotopic (exact) mass is 260 g/mol. The number of ether oxygens (including phenoxy) is 1. The zero-order chi connectivity index (χ0) is 14.2. The maximum absolute atomic E-state index is 12.1. The molecule has 0 fully saturated rings. The van der Waals surface area contributed by atoms with Gasteiger partial charge in [-0.1, -0.05) is 18.2 Å². The Kier molecular flexibility index (Phi) is 3.14. The molecule has 5 nitrogen and oxygen atoms in total. The van der Waals surface area contributed by atoms with Gasteiger partial charge < -0.3 is 4.74 Å². The van der Waals surface area contributed by atoms with Crippen LogP contribution in [-0.4, -0.2) is 27.3 Å². The molecule has 0 bridgehead atoms. The van der Waals surface area contributed by atoms with Crippen molar-refractivity contribution < 1.29 is 14.3 Å². The van der Waals surface area contributed by atoms with Gasteiger partial charge in [-0.05, 0) is 26.8 Å². The van der Waals surface area contributed by atoms with Crippen LogP contribution in [-0.2, 0) is 4.74 Å². The maximum Gasteiger partial charge on any atom is 0.435 e. The van der Waals surface area contributed by atoms with Crippen molar-refractivity contribution in [2.24, 2.45) is 0 Å². The van der Waals surface area contributed by atoms with E-state index in [-0.39, 0.29) is 11.5 Å². The van der Waals surface area contributed by atoms with Gasteiger partial charge in [0.25, 0.3) is 0 Å². The van der Waals surface area contributed by atoms with Crippen LogP contribution in [0.2, 0.25) is 0 Å². The number of aromatic nitrogens is 2. The molecule has 0 aliphatic rings. The molecule has 0 saturated carbocycles. The van der Waals surface area contributed by atoms with Crippen LogP contribution in [0.1, 0.15) is 38.2 Å². The number of benzene rings is 1. The molecule has 0 atom stereocenters. The van der Waals surface area contributed by atoms with Crippen molar-refractivity contribution in [3.05, 3.63) is 30.0 Å². The van der Waals surface area contributed by atoms with Gasteiger partial charge in [0, 0.05) is 12.3 Å². The molecule has 0 aliphatic heterocycles. The van der Waals surface area contributed by atoms with Crippen LogP contribution in [0.4, 0.5) is 4.79 Å². The van der Waals surface area contributed by atoms with E-state index in [0.29, 0.717) is 10.9 Å². The normalized spacial score (nSPS) is 11.6. The quantitative estimate of drug-likeness (QED) is 0.739. The number of nitrogens with zero attached hydrogens (tertiary/aromatic N) is 2. The minimum Gasteiger partial charge on any atom is -0.442 e. The summed E-state index contributed by atoms with van der Waals surface area (Å²) in [5.74, 6) is -0.182. The van der Waals surface area contributed by atoms with Gasteiger partial charge in [-0.2, -0.15) is 9.78 Å². The minimum atomic E-state index is -0.611. The lowest BCUT2D eigenvalue weighted by molar-refractivity contribution is 0.0522. The summed E-state index contributed by atoms with van der Waals surface area (Å²) in [6.07, 6.45) is -0.587. The fraction of sp³-hybridized carbons (Fsp3) is 0.357. The Morgan fingerprint density at radius 3 is 2.42 bits per heavy atom. The Labute approximate surface area is 111 Å². The molecular formula is C14H16N2O3. The number of rotatable bonds is 1. The number of carbonyl (C=O) groups excluding carboxylic acids is 2. The number of hydrogen-bond donors (Lipinski definition) is 0. The highest BCUT2D eigenvalue weighted by molar-refractivity contribution is 6.06. The number of Topliss-reactive ketones (excluding diaryl/α,β-unsaturated/α-hetero) is 1. The minimum absolute atomic E-state index is 0.182. The van der Waals surface area contributed by atoms with Crippen molar-refractivity contribution >= 4 is 22.8 Å². The Balaban J connectivity index is 2.55. The molecule has 2 rings (SSSR count). The molecule has 100 valence electrons. The van der Waals surface area contributed by atoms with Crippen LogP contribution in [0.5, 0.6) is 0 Å². The summed E-state index contributed by atoms with van der Waals surface area (Å²) >= 11 is 0. The second-order valence-electron chi connectivity index (χ2n) is 5.31. The molecule has 0 unspecified atom stereocenters. The highest BCUT2D eigenvalue weighted by atomic mass is 16.6. The van der Waals surface area contributed by atoms with E-state index in [1.54, 1.807) is 45.0 Å². The maximum atomic E-state index is 12.1. The third-order valence-corrected chi connectivity index (χ3v) is 2.49. The van der Waals surface area contributed by atoms with Crippen molar-refractivity contribution in [2.75, 3.05) is 0 Å². The molecule has 2 aromatic rings. The van der Waals surface area contributed by atoms with Gasteiger partial charge in [-0.3, -0.25) is 4.79 Å². The number of fused-ring (bicyclic) bond motifs is 1. The van der Waals surface area contributed by atoms with Crippen LogP contribution in [0.25, 0.3) is 10.9 Å². The Hall–Kier alpha value is -2.17. The zero-order valence-electron chi connectivity index (χ0n) is 11.4. The first-order valence-corrected chi connectivity index (χ1v) is 6.01. The second-order valence-corrected chi connectivity index (χ2v) is 5.31. The van der Waals surface area contributed by atoms with E-state index in [0.717, 1.165) is 4.68 Å². The smallest absolute Gasteiger partial charge is 0.435 e. The lowest BCUT2D eigenvalue weighted by Gasteiger charge is -2.19. The number of carbonyl (C=O) groups is 2. The first-order valence-electron chi connectivity index (χ1n) is 6.01. The molecule has 5 heteroatoms. The van der Waals surface area contributed by atoms with E-state index in [4.69, 9.17) is 4.74 Å². The van der Waals surface area contributed by atoms with E-state index in [9.17, 15) is 9.59 Å². The van der Waals surface area contributed by atoms with Crippen molar-refractivity contribution in [3.8, 4) is 0 Å². The lowest BCUT2D eigenvalue weighted by atomic mass is 10.2. The highest BCUT2D eigenvalue weighted by Gasteiger charge is 2.22. The van der Waals surface area contributed by atoms with Crippen molar-refractivity contribution in [2.45, 2.75) is 33.3 Å². The van der Waals surface area contributed by atoms with Gasteiger partial charge in [0.05, 0.1) is 5.52 Å². The Morgan fingerprint density at radius 1 is 1.21 bits per heavy atom. The van der Waals surface area contributed by atoms with E-state index >= 15 is 0 Å². The highest BCUT2D eigenvalue weighted by Crippen LogP contribution is 2.20. The first-order chi connectivity index (χ1) is 8.79. The first kappa shape index (κ1) is 13.3. The predicted octanol–water partition coefficient (Wildman–Crippen LogP) is 3.02. The Bertz CT molecular complexity index is 650. The lowest BCUT2D eigenvalue weighted by Crippen LogP contribution is -2.27. The third kappa shape index (κ3) is 2.65. The molecule has 1 heterocycles. The summed E-state index contributed by atoms with van der Waals surface area (Å²) in [6, 6.07) is 7.09. The third-order valence-electron chi connectivity index (χ3n) is 2.49. The van der Waals surface area contributed by atoms with Crippen LogP contribution in [0.3, 0.4) is 0 Å². The molecule has 0 spiro atoms. The SMILES string of the molecule is CC(=O)c1nn(C(=O)OC(C)(C)C)c2ccccc12. The van der Waals surface area contributed by atoms with Crippen LogP contribution >= 0.6 is 0 Å². The standard InChI is InChI=1S/C14H16N2O3/c1-9(17)12-10-7-5-6-8-11(10)16(15-12)13(18)19-14(2,3)4/h5-8H,1-4H3. The van der Waals surface area contributed by atoms with Gasteiger partial charge in [0.2, 0.25) is 0 Å². The average Bonchev–Trinajstić information content (AvgIpc) is 2.66. The van der Waals surface area contributed by atoms with Crippen molar-refractivity contribution in [1.29, 1.82) is 0 Å². The number of ketones is 1. The summed E-state index contributed by atoms with van der Waals surface area (Å²) in [4.78, 5) is 23.6. The summed E-state index contributed by atoms with van der Waals surface area (Å²) in [6.45, 7) is 6.77. The average molecular weight is 260 g/mol. The topological polar surface area (TPSA) is 61.2 Å². The molecule has 0 N–H and O–H groups in total. The van der Waals surface area contributed by atoms with Gasteiger partial charge in [-0.25, -0.2) is 4.79 Å². The van der Waals surface area contributed by atoms with E-state index in [2.05, 4.69) is 5.10 Å². The molecule has 1 aromatic carbocycles. The summed E-state index contributed by atoms with van der Waals surface area (Å²) in [5, 5.41) is 4.72. The van der Waals surface area contributed by atoms with Gasteiger partial charge in [-0.15, -0.1) is 0 Å². The number of para-hydroxylation sites is 1. The largest absolute Gasteiger partial charge is 0.442 e. The zero-order valence-corrected chi connectivity index (χ0v) is 11.4. The molecular weight excluding hydrogens is 244 g/mol. The van der Waals surface area contributed by atoms with Gasteiger partial charge >= 0.3 is 6.09 Å².